The molecule has 3 rings (SSSR count). The van der Waals surface area contributed by atoms with Gasteiger partial charge in [0.1, 0.15) is 11.6 Å². The molecule has 1 aliphatic rings. The van der Waals surface area contributed by atoms with Gasteiger partial charge in [0.05, 0.1) is 0 Å². The Labute approximate surface area is 157 Å². The Morgan fingerprint density at radius 2 is 2.07 bits per heavy atom. The zero-order valence-corrected chi connectivity index (χ0v) is 15.2. The molecular formula is C17H17F2N3O4S. The SMILES string of the molecule is Cc1ccc(COc2nsc(NC(=O)NCC3CC3)c2C(=O)O)c(F)c1F. The molecule has 0 atom stereocenters. The van der Waals surface area contributed by atoms with Crippen LogP contribution in [0.25, 0.3) is 0 Å². The standard InChI is InChI=1S/C17H17F2N3O4S/c1-8-2-5-10(13(19)12(8)18)7-26-14-11(16(23)24)15(27-22-14)21-17(25)20-6-9-3-4-9/h2,5,9H,3-4,6-7H2,1H3,(H,23,24)(H2,20,21,25). The third-order valence-corrected chi connectivity index (χ3v) is 4.82. The number of nitrogens with zero attached hydrogens (tertiary/aromatic N) is 1. The number of aryl methyl sites for hydroxylation is 1. The molecule has 27 heavy (non-hydrogen) atoms. The quantitative estimate of drug-likeness (QED) is 0.664. The van der Waals surface area contributed by atoms with Crippen LogP contribution < -0.4 is 15.4 Å². The van der Waals surface area contributed by atoms with E-state index in [1.54, 1.807) is 0 Å². The van der Waals surface area contributed by atoms with E-state index < -0.39 is 30.2 Å². The van der Waals surface area contributed by atoms with Crippen molar-refractivity contribution < 1.29 is 28.2 Å². The van der Waals surface area contributed by atoms with Gasteiger partial charge in [0, 0.05) is 12.1 Å². The number of nitrogens with one attached hydrogen (secondary N) is 2. The van der Waals surface area contributed by atoms with Crippen LogP contribution in [-0.4, -0.2) is 28.0 Å². The number of rotatable bonds is 7. The lowest BCUT2D eigenvalue weighted by Crippen LogP contribution is -2.30. The molecule has 0 spiro atoms. The summed E-state index contributed by atoms with van der Waals surface area (Å²) in [6.45, 7) is 1.55. The minimum absolute atomic E-state index is 0.00126. The largest absolute Gasteiger partial charge is 0.477 e. The first-order chi connectivity index (χ1) is 12.9. The number of aromatic carboxylic acids is 1. The van der Waals surface area contributed by atoms with Crippen LogP contribution in [0.1, 0.15) is 34.3 Å². The van der Waals surface area contributed by atoms with Crippen LogP contribution in [-0.2, 0) is 6.61 Å². The van der Waals surface area contributed by atoms with Crippen LogP contribution in [0.3, 0.4) is 0 Å². The highest BCUT2D eigenvalue weighted by Crippen LogP contribution is 2.32. The van der Waals surface area contributed by atoms with Crippen molar-refractivity contribution in [3.05, 3.63) is 40.5 Å². The highest BCUT2D eigenvalue weighted by molar-refractivity contribution is 7.11. The Morgan fingerprint density at radius 3 is 2.74 bits per heavy atom. The highest BCUT2D eigenvalue weighted by Gasteiger charge is 2.25. The van der Waals surface area contributed by atoms with Crippen molar-refractivity contribution in [2.24, 2.45) is 5.92 Å². The van der Waals surface area contributed by atoms with E-state index in [0.717, 1.165) is 24.4 Å². The Hall–Kier alpha value is -2.75. The summed E-state index contributed by atoms with van der Waals surface area (Å²) < 4.78 is 36.6. The molecule has 2 aromatic rings. The second kappa shape index (κ2) is 7.87. The van der Waals surface area contributed by atoms with E-state index in [0.29, 0.717) is 12.5 Å². The van der Waals surface area contributed by atoms with Gasteiger partial charge in [-0.1, -0.05) is 12.1 Å². The molecule has 1 aliphatic carbocycles. The maximum absolute atomic E-state index is 13.9. The molecule has 1 saturated carbocycles. The number of carboxylic acid groups (broad SMARTS) is 1. The second-order valence-corrected chi connectivity index (χ2v) is 7.01. The normalized spacial score (nSPS) is 13.3. The van der Waals surface area contributed by atoms with Gasteiger partial charge in [-0.25, -0.2) is 18.4 Å². The van der Waals surface area contributed by atoms with Crippen molar-refractivity contribution in [2.45, 2.75) is 26.4 Å². The predicted octanol–water partition coefficient (Wildman–Crippen LogP) is 3.54. The van der Waals surface area contributed by atoms with Gasteiger partial charge >= 0.3 is 12.0 Å². The molecule has 1 aromatic carbocycles. The zero-order chi connectivity index (χ0) is 19.6. The number of halogens is 2. The van der Waals surface area contributed by atoms with Crippen molar-refractivity contribution >= 4 is 28.5 Å². The second-order valence-electron chi connectivity index (χ2n) is 6.23. The molecule has 2 amide bonds. The molecule has 0 unspecified atom stereocenters. The van der Waals surface area contributed by atoms with Gasteiger partial charge in [-0.05, 0) is 42.8 Å². The molecule has 0 aliphatic heterocycles. The van der Waals surface area contributed by atoms with Crippen LogP contribution >= 0.6 is 11.5 Å². The summed E-state index contributed by atoms with van der Waals surface area (Å²) >= 11 is 0.732. The first-order valence-corrected chi connectivity index (χ1v) is 8.98. The summed E-state index contributed by atoms with van der Waals surface area (Å²) in [7, 11) is 0. The van der Waals surface area contributed by atoms with Gasteiger partial charge in [0.25, 0.3) is 0 Å². The fraction of sp³-hybridized carbons (Fsp3) is 0.353. The van der Waals surface area contributed by atoms with Crippen LogP contribution in [0.5, 0.6) is 5.88 Å². The number of aromatic nitrogens is 1. The van der Waals surface area contributed by atoms with Crippen LogP contribution in [0.15, 0.2) is 12.1 Å². The molecule has 3 N–H and O–H groups in total. The molecule has 0 radical (unpaired) electrons. The van der Waals surface area contributed by atoms with Gasteiger partial charge in [0.2, 0.25) is 5.88 Å². The fourth-order valence-electron chi connectivity index (χ4n) is 2.30. The van der Waals surface area contributed by atoms with E-state index in [2.05, 4.69) is 15.0 Å². The predicted molar refractivity (Wildman–Crippen MR) is 94.2 cm³/mol. The zero-order valence-electron chi connectivity index (χ0n) is 14.3. The van der Waals surface area contributed by atoms with E-state index in [9.17, 15) is 23.5 Å². The average molecular weight is 397 g/mol. The van der Waals surface area contributed by atoms with E-state index in [-0.39, 0.29) is 27.6 Å². The third-order valence-electron chi connectivity index (χ3n) is 4.07. The number of hydrogen-bond acceptors (Lipinski definition) is 5. The summed E-state index contributed by atoms with van der Waals surface area (Å²) in [4.78, 5) is 23.4. The molecule has 0 saturated heterocycles. The lowest BCUT2D eigenvalue weighted by molar-refractivity contribution is 0.0693. The van der Waals surface area contributed by atoms with E-state index in [1.807, 2.05) is 0 Å². The van der Waals surface area contributed by atoms with Crippen molar-refractivity contribution in [2.75, 3.05) is 11.9 Å². The molecular weight excluding hydrogens is 380 g/mol. The monoisotopic (exact) mass is 397 g/mol. The summed E-state index contributed by atoms with van der Waals surface area (Å²) in [6.07, 6.45) is 2.13. The average Bonchev–Trinajstić information content (AvgIpc) is 3.37. The number of urea groups is 1. The Kier molecular flexibility index (Phi) is 5.54. The van der Waals surface area contributed by atoms with Crippen molar-refractivity contribution in [1.82, 2.24) is 9.69 Å². The first kappa shape index (κ1) is 19.0. The van der Waals surface area contributed by atoms with Gasteiger partial charge in [-0.15, -0.1) is 0 Å². The molecule has 144 valence electrons. The Bertz CT molecular complexity index is 883. The number of hydrogen-bond donors (Lipinski definition) is 3. The number of anilines is 1. The summed E-state index contributed by atoms with van der Waals surface area (Å²) in [5, 5.41) is 14.5. The molecule has 1 heterocycles. The third kappa shape index (κ3) is 4.51. The summed E-state index contributed by atoms with van der Waals surface area (Å²) in [5.41, 5.74) is -0.256. The van der Waals surface area contributed by atoms with Gasteiger partial charge in [-0.3, -0.25) is 5.32 Å². The first-order valence-electron chi connectivity index (χ1n) is 8.21. The minimum atomic E-state index is -1.35. The van der Waals surface area contributed by atoms with Gasteiger partial charge in [0.15, 0.2) is 17.2 Å². The van der Waals surface area contributed by atoms with Crippen molar-refractivity contribution in [3.8, 4) is 5.88 Å². The molecule has 0 bridgehead atoms. The lowest BCUT2D eigenvalue weighted by Gasteiger charge is -2.08. The molecule has 7 nitrogen and oxygen atoms in total. The smallest absolute Gasteiger partial charge is 0.344 e. The fourth-order valence-corrected chi connectivity index (χ4v) is 3.02. The van der Waals surface area contributed by atoms with Crippen LogP contribution in [0.4, 0.5) is 18.6 Å². The Balaban J connectivity index is 1.70. The van der Waals surface area contributed by atoms with Crippen LogP contribution in [0.2, 0.25) is 0 Å². The summed E-state index contributed by atoms with van der Waals surface area (Å²) in [5.74, 6) is -3.19. The number of carbonyl (C=O) groups is 2. The number of benzene rings is 1. The highest BCUT2D eigenvalue weighted by atomic mass is 32.1. The topological polar surface area (TPSA) is 101 Å². The van der Waals surface area contributed by atoms with E-state index in [4.69, 9.17) is 4.74 Å². The summed E-state index contributed by atoms with van der Waals surface area (Å²) in [6, 6.07) is 2.21. The van der Waals surface area contributed by atoms with Crippen LogP contribution in [0, 0.1) is 24.5 Å². The minimum Gasteiger partial charge on any atom is -0.477 e. The number of carboxylic acids is 1. The maximum Gasteiger partial charge on any atom is 0.344 e. The maximum atomic E-state index is 13.9. The molecule has 1 aromatic heterocycles. The van der Waals surface area contributed by atoms with E-state index >= 15 is 0 Å². The van der Waals surface area contributed by atoms with E-state index in [1.165, 1.54) is 19.1 Å². The molecule has 10 heteroatoms. The van der Waals surface area contributed by atoms with Gasteiger partial charge in [-0.2, -0.15) is 4.37 Å². The number of carbonyl (C=O) groups excluding carboxylic acids is 1. The Morgan fingerprint density at radius 1 is 1.33 bits per heavy atom. The van der Waals surface area contributed by atoms with Gasteiger partial charge < -0.3 is 15.2 Å². The molecule has 1 fully saturated rings. The van der Waals surface area contributed by atoms with Crippen molar-refractivity contribution in [1.29, 1.82) is 0 Å². The lowest BCUT2D eigenvalue weighted by atomic mass is 10.1. The number of ether oxygens (including phenoxy) is 1. The van der Waals surface area contributed by atoms with Crippen molar-refractivity contribution in [3.63, 3.8) is 0 Å². The number of amides is 2.